The highest BCUT2D eigenvalue weighted by Gasteiger charge is 2.24. The van der Waals surface area contributed by atoms with E-state index in [0.29, 0.717) is 24.8 Å². The third-order valence-corrected chi connectivity index (χ3v) is 5.06. The number of piperidine rings is 1. The van der Waals surface area contributed by atoms with Gasteiger partial charge in [0.25, 0.3) is 0 Å². The van der Waals surface area contributed by atoms with E-state index in [9.17, 15) is 9.18 Å². The second-order valence-electron chi connectivity index (χ2n) is 7.02. The number of carbonyl (C=O) groups excluding carboxylic acids is 1. The van der Waals surface area contributed by atoms with Gasteiger partial charge >= 0.3 is 6.03 Å². The second kappa shape index (κ2) is 8.21. The Labute approximate surface area is 162 Å². The normalized spacial score (nSPS) is 14.8. The van der Waals surface area contributed by atoms with Gasteiger partial charge in [0, 0.05) is 25.1 Å². The average Bonchev–Trinajstić information content (AvgIpc) is 3.19. The smallest absolute Gasteiger partial charge is 0.321 e. The Bertz CT molecular complexity index is 935. The zero-order valence-electron chi connectivity index (χ0n) is 15.4. The summed E-state index contributed by atoms with van der Waals surface area (Å²) in [5, 5.41) is 9.98. The third kappa shape index (κ3) is 4.19. The molecule has 0 saturated carbocycles. The van der Waals surface area contributed by atoms with Crippen molar-refractivity contribution in [3.8, 4) is 11.4 Å². The molecule has 1 saturated heterocycles. The number of aromatic amines is 1. The first-order valence-corrected chi connectivity index (χ1v) is 9.46. The minimum absolute atomic E-state index is 0.213. The Morgan fingerprint density at radius 3 is 2.57 bits per heavy atom. The number of hydrogen-bond donors (Lipinski definition) is 2. The lowest BCUT2D eigenvalue weighted by Crippen LogP contribution is -2.41. The molecule has 4 rings (SSSR count). The highest BCUT2D eigenvalue weighted by Crippen LogP contribution is 2.23. The minimum Gasteiger partial charge on any atom is -0.325 e. The summed E-state index contributed by atoms with van der Waals surface area (Å²) in [6, 6.07) is 15.8. The van der Waals surface area contributed by atoms with Crippen LogP contribution in [0.15, 0.2) is 54.6 Å². The van der Waals surface area contributed by atoms with Crippen LogP contribution in [0.4, 0.5) is 14.9 Å². The molecule has 2 heterocycles. The third-order valence-electron chi connectivity index (χ3n) is 5.06. The van der Waals surface area contributed by atoms with Crippen molar-refractivity contribution in [2.75, 3.05) is 18.4 Å². The van der Waals surface area contributed by atoms with Crippen molar-refractivity contribution in [2.24, 2.45) is 5.92 Å². The first-order chi connectivity index (χ1) is 13.7. The van der Waals surface area contributed by atoms with Crippen molar-refractivity contribution >= 4 is 11.7 Å². The SMILES string of the molecule is O=C(Nc1ccccc1F)N1CCC(Cc2nc(-c3ccccc3)n[nH]2)CC1. The van der Waals surface area contributed by atoms with Gasteiger partial charge in [-0.15, -0.1) is 0 Å². The van der Waals surface area contributed by atoms with Crippen molar-refractivity contribution in [3.05, 3.63) is 66.2 Å². The Morgan fingerprint density at radius 2 is 1.82 bits per heavy atom. The van der Waals surface area contributed by atoms with Gasteiger partial charge in [-0.2, -0.15) is 5.10 Å². The van der Waals surface area contributed by atoms with Gasteiger partial charge in [0.15, 0.2) is 5.82 Å². The van der Waals surface area contributed by atoms with Gasteiger partial charge in [-0.25, -0.2) is 14.2 Å². The Morgan fingerprint density at radius 1 is 1.11 bits per heavy atom. The molecule has 0 radical (unpaired) electrons. The van der Waals surface area contributed by atoms with Crippen LogP contribution in [-0.4, -0.2) is 39.2 Å². The fourth-order valence-electron chi connectivity index (χ4n) is 3.47. The predicted octanol–water partition coefficient (Wildman–Crippen LogP) is 4.10. The molecule has 0 unspecified atom stereocenters. The molecule has 7 heteroatoms. The topological polar surface area (TPSA) is 73.9 Å². The van der Waals surface area contributed by atoms with Gasteiger partial charge in [0.1, 0.15) is 11.6 Å². The quantitative estimate of drug-likeness (QED) is 0.717. The number of aromatic nitrogens is 3. The van der Waals surface area contributed by atoms with Crippen molar-refractivity contribution in [2.45, 2.75) is 19.3 Å². The molecule has 0 bridgehead atoms. The van der Waals surface area contributed by atoms with E-state index >= 15 is 0 Å². The molecule has 1 fully saturated rings. The lowest BCUT2D eigenvalue weighted by Gasteiger charge is -2.31. The maximum Gasteiger partial charge on any atom is 0.321 e. The molecular weight excluding hydrogens is 357 g/mol. The zero-order chi connectivity index (χ0) is 19.3. The maximum atomic E-state index is 13.7. The summed E-state index contributed by atoms with van der Waals surface area (Å²) >= 11 is 0. The monoisotopic (exact) mass is 379 g/mol. The van der Waals surface area contributed by atoms with Gasteiger partial charge in [0.2, 0.25) is 0 Å². The van der Waals surface area contributed by atoms with E-state index in [1.165, 1.54) is 6.07 Å². The molecule has 144 valence electrons. The summed E-state index contributed by atoms with van der Waals surface area (Å²) in [5.41, 5.74) is 1.20. The highest BCUT2D eigenvalue weighted by atomic mass is 19.1. The molecule has 0 spiro atoms. The van der Waals surface area contributed by atoms with Crippen LogP contribution in [-0.2, 0) is 6.42 Å². The van der Waals surface area contributed by atoms with Crippen molar-refractivity contribution in [1.29, 1.82) is 0 Å². The molecule has 1 aliphatic rings. The summed E-state index contributed by atoms with van der Waals surface area (Å²) < 4.78 is 13.7. The van der Waals surface area contributed by atoms with Crippen LogP contribution in [0.3, 0.4) is 0 Å². The van der Waals surface area contributed by atoms with E-state index in [-0.39, 0.29) is 11.7 Å². The molecule has 1 aromatic heterocycles. The van der Waals surface area contributed by atoms with Crippen LogP contribution in [0, 0.1) is 11.7 Å². The van der Waals surface area contributed by atoms with Crippen LogP contribution >= 0.6 is 0 Å². The maximum absolute atomic E-state index is 13.7. The number of carbonyl (C=O) groups is 1. The summed E-state index contributed by atoms with van der Waals surface area (Å²) in [6.45, 7) is 1.29. The standard InChI is InChI=1S/C21H22FN5O/c22-17-8-4-5-9-18(17)23-21(28)27-12-10-15(11-13-27)14-19-24-20(26-25-19)16-6-2-1-3-7-16/h1-9,15H,10-14H2,(H,23,28)(H,24,25,26). The number of halogens is 1. The number of amides is 2. The van der Waals surface area contributed by atoms with Crippen LogP contribution in [0.2, 0.25) is 0 Å². The van der Waals surface area contributed by atoms with E-state index in [4.69, 9.17) is 0 Å². The number of nitrogens with zero attached hydrogens (tertiary/aromatic N) is 3. The zero-order valence-corrected chi connectivity index (χ0v) is 15.4. The van der Waals surface area contributed by atoms with E-state index in [0.717, 1.165) is 30.7 Å². The molecule has 3 aromatic rings. The van der Waals surface area contributed by atoms with Gasteiger partial charge < -0.3 is 10.2 Å². The number of H-pyrrole nitrogens is 1. The first kappa shape index (κ1) is 18.2. The molecule has 0 atom stereocenters. The molecule has 6 nitrogen and oxygen atoms in total. The van der Waals surface area contributed by atoms with E-state index in [1.807, 2.05) is 30.3 Å². The number of rotatable bonds is 4. The molecule has 0 aliphatic carbocycles. The van der Waals surface area contributed by atoms with Crippen molar-refractivity contribution in [1.82, 2.24) is 20.1 Å². The lowest BCUT2D eigenvalue weighted by atomic mass is 9.93. The largest absolute Gasteiger partial charge is 0.325 e. The van der Waals surface area contributed by atoms with Crippen LogP contribution in [0.1, 0.15) is 18.7 Å². The average molecular weight is 379 g/mol. The van der Waals surface area contributed by atoms with Gasteiger partial charge in [-0.3, -0.25) is 5.10 Å². The molecule has 2 aromatic carbocycles. The predicted molar refractivity (Wildman–Crippen MR) is 105 cm³/mol. The number of anilines is 1. The molecule has 1 aliphatic heterocycles. The van der Waals surface area contributed by atoms with Crippen LogP contribution < -0.4 is 5.32 Å². The Balaban J connectivity index is 1.29. The molecule has 2 amide bonds. The van der Waals surface area contributed by atoms with Crippen molar-refractivity contribution in [3.63, 3.8) is 0 Å². The Hall–Kier alpha value is -3.22. The highest BCUT2D eigenvalue weighted by molar-refractivity contribution is 5.89. The summed E-state index contributed by atoms with van der Waals surface area (Å²) in [7, 11) is 0. The fourth-order valence-corrected chi connectivity index (χ4v) is 3.47. The van der Waals surface area contributed by atoms with Crippen molar-refractivity contribution < 1.29 is 9.18 Å². The molecule has 28 heavy (non-hydrogen) atoms. The number of urea groups is 1. The number of benzene rings is 2. The molecule has 2 N–H and O–H groups in total. The van der Waals surface area contributed by atoms with Gasteiger partial charge in [0.05, 0.1) is 5.69 Å². The van der Waals surface area contributed by atoms with Crippen LogP contribution in [0.5, 0.6) is 0 Å². The van der Waals surface area contributed by atoms with E-state index in [1.54, 1.807) is 23.1 Å². The van der Waals surface area contributed by atoms with Gasteiger partial charge in [-0.05, 0) is 30.9 Å². The molecular formula is C21H22FN5O. The number of para-hydroxylation sites is 1. The first-order valence-electron chi connectivity index (χ1n) is 9.46. The van der Waals surface area contributed by atoms with E-state index < -0.39 is 5.82 Å². The lowest BCUT2D eigenvalue weighted by molar-refractivity contribution is 0.182. The van der Waals surface area contributed by atoms with Crippen LogP contribution in [0.25, 0.3) is 11.4 Å². The summed E-state index contributed by atoms with van der Waals surface area (Å²) in [5.74, 6) is 1.59. The summed E-state index contributed by atoms with van der Waals surface area (Å²) in [6.07, 6.45) is 2.57. The Kier molecular flexibility index (Phi) is 5.32. The number of likely N-dealkylation sites (tertiary alicyclic amines) is 1. The second-order valence-corrected chi connectivity index (χ2v) is 7.02. The van der Waals surface area contributed by atoms with E-state index in [2.05, 4.69) is 20.5 Å². The number of hydrogen-bond acceptors (Lipinski definition) is 3. The fraction of sp³-hybridized carbons (Fsp3) is 0.286. The number of nitrogens with one attached hydrogen (secondary N) is 2. The van der Waals surface area contributed by atoms with Gasteiger partial charge in [-0.1, -0.05) is 42.5 Å². The minimum atomic E-state index is -0.426. The summed E-state index contributed by atoms with van der Waals surface area (Å²) in [4.78, 5) is 18.7.